The molecule has 0 aromatic rings. The van der Waals surface area contributed by atoms with Crippen molar-refractivity contribution in [1.29, 1.82) is 0 Å². The topological polar surface area (TPSA) is 237 Å². The third-order valence-electron chi connectivity index (χ3n) is 19.0. The Kier molecular flexibility index (Phi) is 71.2. The minimum absolute atomic E-state index is 0.106. The summed E-state index contributed by atoms with van der Waals surface area (Å²) in [7, 11) is -9.91. The number of aliphatic hydroxyl groups excluding tert-OH is 1. The minimum atomic E-state index is -4.96. The molecule has 0 aromatic carbocycles. The summed E-state index contributed by atoms with van der Waals surface area (Å²) in [6.07, 6.45) is 62.7. The van der Waals surface area contributed by atoms with Gasteiger partial charge in [0.15, 0.2) is 12.2 Å². The van der Waals surface area contributed by atoms with Gasteiger partial charge in [0.2, 0.25) is 0 Å². The molecule has 0 saturated carbocycles. The zero-order valence-corrected chi connectivity index (χ0v) is 67.3. The second kappa shape index (κ2) is 72.6. The van der Waals surface area contributed by atoms with E-state index in [2.05, 4.69) is 41.5 Å². The molecule has 0 fully saturated rings. The summed E-state index contributed by atoms with van der Waals surface area (Å²) < 4.78 is 68.6. The standard InChI is InChI=1S/C81H158O17P2/c1-7-9-11-13-15-16-17-18-19-20-21-25-28-31-34-40-46-52-58-64-79(84)92-70-77(98-80(85)65-59-53-47-41-35-32-29-26-23-22-24-27-30-33-38-44-49-55-61-73(3)4)72-96-100(89,90)94-68-75(82)67-93-99(87,88)95-71-76(69-91-78(83)63-57-51-43-14-12-10-8-2)97-81(86)66-60-54-48-42-37-36-39-45-50-56-62-74(5)6/h73-77,82H,7-72H2,1-6H3,(H,87,88)(H,89,90)/t75-,76+,77+/m0/s1. The second-order valence-corrected chi connectivity index (χ2v) is 33.0. The molecule has 0 rings (SSSR count). The van der Waals surface area contributed by atoms with E-state index in [0.29, 0.717) is 25.7 Å². The Morgan fingerprint density at radius 1 is 0.270 bits per heavy atom. The molecule has 0 bridgehead atoms. The first kappa shape index (κ1) is 98.1. The van der Waals surface area contributed by atoms with Crippen LogP contribution in [0.5, 0.6) is 0 Å². The summed E-state index contributed by atoms with van der Waals surface area (Å²) in [6, 6.07) is 0. The van der Waals surface area contributed by atoms with Crippen LogP contribution in [-0.4, -0.2) is 96.7 Å². The van der Waals surface area contributed by atoms with E-state index in [1.807, 2.05) is 0 Å². The van der Waals surface area contributed by atoms with Crippen molar-refractivity contribution in [3.63, 3.8) is 0 Å². The van der Waals surface area contributed by atoms with Gasteiger partial charge in [-0.15, -0.1) is 0 Å². The lowest BCUT2D eigenvalue weighted by molar-refractivity contribution is -0.161. The summed E-state index contributed by atoms with van der Waals surface area (Å²) in [5.41, 5.74) is 0. The Bertz CT molecular complexity index is 1920. The fourth-order valence-corrected chi connectivity index (χ4v) is 14.1. The Hall–Kier alpha value is -1.94. The van der Waals surface area contributed by atoms with Crippen LogP contribution in [0.15, 0.2) is 0 Å². The van der Waals surface area contributed by atoms with Crippen LogP contribution < -0.4 is 0 Å². The summed E-state index contributed by atoms with van der Waals surface area (Å²) in [6.45, 7) is 9.61. The highest BCUT2D eigenvalue weighted by Gasteiger charge is 2.30. The number of unbranched alkanes of at least 4 members (excludes halogenated alkanes) is 50. The van der Waals surface area contributed by atoms with Crippen LogP contribution in [0.3, 0.4) is 0 Å². The minimum Gasteiger partial charge on any atom is -0.462 e. The number of phosphoric ester groups is 2. The molecule has 19 heteroatoms. The van der Waals surface area contributed by atoms with Crippen molar-refractivity contribution in [2.75, 3.05) is 39.6 Å². The van der Waals surface area contributed by atoms with Crippen molar-refractivity contribution in [1.82, 2.24) is 0 Å². The van der Waals surface area contributed by atoms with Gasteiger partial charge >= 0.3 is 39.5 Å². The maximum Gasteiger partial charge on any atom is 0.472 e. The van der Waals surface area contributed by atoms with Gasteiger partial charge in [-0.05, 0) is 37.5 Å². The Labute approximate surface area is 613 Å². The van der Waals surface area contributed by atoms with Crippen molar-refractivity contribution in [3.8, 4) is 0 Å². The fourth-order valence-electron chi connectivity index (χ4n) is 12.5. The summed E-state index contributed by atoms with van der Waals surface area (Å²) in [5.74, 6) is -0.542. The second-order valence-electron chi connectivity index (χ2n) is 30.1. The number of ether oxygens (including phenoxy) is 4. The number of hydrogen-bond donors (Lipinski definition) is 3. The monoisotopic (exact) mass is 1470 g/mol. The van der Waals surface area contributed by atoms with E-state index in [4.69, 9.17) is 37.0 Å². The fraction of sp³-hybridized carbons (Fsp3) is 0.951. The van der Waals surface area contributed by atoms with Crippen LogP contribution in [0.2, 0.25) is 0 Å². The van der Waals surface area contributed by atoms with Gasteiger partial charge in [0, 0.05) is 25.7 Å². The molecule has 0 spiro atoms. The van der Waals surface area contributed by atoms with Crippen LogP contribution in [0, 0.1) is 11.8 Å². The van der Waals surface area contributed by atoms with Crippen molar-refractivity contribution in [3.05, 3.63) is 0 Å². The molecule has 0 aromatic heterocycles. The molecule has 100 heavy (non-hydrogen) atoms. The van der Waals surface area contributed by atoms with Crippen molar-refractivity contribution >= 4 is 39.5 Å². The van der Waals surface area contributed by atoms with E-state index in [1.54, 1.807) is 0 Å². The van der Waals surface area contributed by atoms with Crippen LogP contribution in [0.4, 0.5) is 0 Å². The first-order valence-electron chi connectivity index (χ1n) is 42.0. The SMILES string of the molecule is CCCCCCCCCCCCCCCCCCCCCC(=O)OC[C@H](COP(=O)(O)OC[C@@H](O)COP(=O)(O)OC[C@@H](COC(=O)CCCCCCCCC)OC(=O)CCCCCCCCCCCCC(C)C)OC(=O)CCCCCCCCCCCCCCCCCCCCC(C)C. The van der Waals surface area contributed by atoms with Gasteiger partial charge < -0.3 is 33.8 Å². The van der Waals surface area contributed by atoms with Crippen molar-refractivity contribution in [2.45, 2.75) is 445 Å². The number of aliphatic hydroxyl groups is 1. The molecule has 0 aliphatic rings. The van der Waals surface area contributed by atoms with E-state index in [1.165, 1.54) is 231 Å². The highest BCUT2D eigenvalue weighted by Crippen LogP contribution is 2.45. The third kappa shape index (κ3) is 74.3. The highest BCUT2D eigenvalue weighted by atomic mass is 31.2. The first-order valence-corrected chi connectivity index (χ1v) is 45.0. The summed E-state index contributed by atoms with van der Waals surface area (Å²) in [4.78, 5) is 72.8. The van der Waals surface area contributed by atoms with E-state index in [0.717, 1.165) is 115 Å². The summed E-state index contributed by atoms with van der Waals surface area (Å²) >= 11 is 0. The predicted molar refractivity (Wildman–Crippen MR) is 409 cm³/mol. The molecule has 0 aliphatic heterocycles. The molecule has 0 saturated heterocycles. The Morgan fingerprint density at radius 3 is 0.680 bits per heavy atom. The predicted octanol–water partition coefficient (Wildman–Crippen LogP) is 24.3. The molecule has 2 unspecified atom stereocenters. The van der Waals surface area contributed by atoms with Gasteiger partial charge in [-0.2, -0.15) is 0 Å². The summed E-state index contributed by atoms with van der Waals surface area (Å²) in [5, 5.41) is 10.6. The van der Waals surface area contributed by atoms with Gasteiger partial charge in [-0.3, -0.25) is 37.3 Å². The largest absolute Gasteiger partial charge is 0.472 e. The zero-order chi connectivity index (χ0) is 73.5. The van der Waals surface area contributed by atoms with E-state index in [9.17, 15) is 43.2 Å². The molecule has 0 amide bonds. The van der Waals surface area contributed by atoms with Crippen molar-refractivity contribution in [2.24, 2.45) is 11.8 Å². The zero-order valence-electron chi connectivity index (χ0n) is 65.5. The van der Waals surface area contributed by atoms with Gasteiger partial charge in [0.25, 0.3) is 0 Å². The lowest BCUT2D eigenvalue weighted by Crippen LogP contribution is -2.30. The molecule has 5 atom stereocenters. The maximum absolute atomic E-state index is 13.1. The lowest BCUT2D eigenvalue weighted by Gasteiger charge is -2.21. The third-order valence-corrected chi connectivity index (χ3v) is 20.9. The van der Waals surface area contributed by atoms with Crippen molar-refractivity contribution < 1.29 is 80.2 Å². The van der Waals surface area contributed by atoms with E-state index < -0.39 is 97.5 Å². The molecular weight excluding hydrogens is 1310 g/mol. The molecule has 0 aliphatic carbocycles. The average Bonchev–Trinajstić information content (AvgIpc) is 0.968. The molecule has 3 N–H and O–H groups in total. The molecular formula is C81H158O17P2. The normalized spacial score (nSPS) is 13.9. The smallest absolute Gasteiger partial charge is 0.462 e. The number of carbonyl (C=O) groups is 4. The van der Waals surface area contributed by atoms with Crippen LogP contribution in [-0.2, 0) is 65.4 Å². The Balaban J connectivity index is 5.16. The molecule has 0 radical (unpaired) electrons. The van der Waals surface area contributed by atoms with Gasteiger partial charge in [-0.25, -0.2) is 9.13 Å². The number of phosphoric acid groups is 2. The van der Waals surface area contributed by atoms with Crippen LogP contribution in [0.1, 0.15) is 427 Å². The first-order chi connectivity index (χ1) is 48.4. The average molecular weight is 1470 g/mol. The highest BCUT2D eigenvalue weighted by molar-refractivity contribution is 7.47. The van der Waals surface area contributed by atoms with Crippen LogP contribution in [0.25, 0.3) is 0 Å². The van der Waals surface area contributed by atoms with Crippen LogP contribution >= 0.6 is 15.6 Å². The van der Waals surface area contributed by atoms with E-state index >= 15 is 0 Å². The molecule has 594 valence electrons. The number of hydrogen-bond acceptors (Lipinski definition) is 15. The van der Waals surface area contributed by atoms with Gasteiger partial charge in [-0.1, -0.05) is 375 Å². The van der Waals surface area contributed by atoms with Gasteiger partial charge in [0.05, 0.1) is 26.4 Å². The molecule has 0 heterocycles. The maximum atomic E-state index is 13.1. The number of esters is 4. The lowest BCUT2D eigenvalue weighted by atomic mass is 10.0. The Morgan fingerprint density at radius 2 is 0.460 bits per heavy atom. The van der Waals surface area contributed by atoms with Gasteiger partial charge in [0.1, 0.15) is 19.3 Å². The number of carbonyl (C=O) groups excluding carboxylic acids is 4. The van der Waals surface area contributed by atoms with E-state index in [-0.39, 0.29) is 25.7 Å². The number of rotatable bonds is 80. The molecule has 17 nitrogen and oxygen atoms in total. The quantitative estimate of drug-likeness (QED) is 0.0222.